The molecular formula is C24H26N2O7S. The minimum absolute atomic E-state index is 0.00953. The first-order valence-electron chi connectivity index (χ1n) is 10.9. The van der Waals surface area contributed by atoms with Gasteiger partial charge in [0.2, 0.25) is 10.0 Å². The first-order valence-corrected chi connectivity index (χ1v) is 12.3. The molecule has 2 heterocycles. The number of carbonyl (C=O) groups is 2. The smallest absolute Gasteiger partial charge is 0.331 e. The van der Waals surface area contributed by atoms with E-state index in [2.05, 4.69) is 0 Å². The van der Waals surface area contributed by atoms with Crippen LogP contribution in [0.25, 0.3) is 6.08 Å². The Bertz CT molecular complexity index is 1200. The van der Waals surface area contributed by atoms with E-state index in [1.807, 2.05) is 24.3 Å². The molecule has 0 saturated carbocycles. The Morgan fingerprint density at radius 3 is 2.62 bits per heavy atom. The van der Waals surface area contributed by atoms with E-state index in [4.69, 9.17) is 14.2 Å². The highest BCUT2D eigenvalue weighted by Crippen LogP contribution is 2.29. The van der Waals surface area contributed by atoms with Gasteiger partial charge in [0.15, 0.2) is 6.61 Å². The van der Waals surface area contributed by atoms with Gasteiger partial charge in [0.25, 0.3) is 5.91 Å². The molecule has 0 bridgehead atoms. The molecule has 9 nitrogen and oxygen atoms in total. The SMILES string of the molecule is COc1ccc(C=CC(=O)OCC(=O)N2CCc3ccccc32)cc1S(=O)(=O)N1CCOCC1. The number of rotatable bonds is 7. The molecule has 1 saturated heterocycles. The van der Waals surface area contributed by atoms with E-state index in [0.29, 0.717) is 25.3 Å². The Hall–Kier alpha value is -3.21. The van der Waals surface area contributed by atoms with Crippen LogP contribution in [0.1, 0.15) is 11.1 Å². The molecule has 0 aromatic heterocycles. The number of amides is 1. The third-order valence-corrected chi connectivity index (χ3v) is 7.63. The van der Waals surface area contributed by atoms with Gasteiger partial charge in [0.1, 0.15) is 10.6 Å². The maximum Gasteiger partial charge on any atom is 0.331 e. The highest BCUT2D eigenvalue weighted by molar-refractivity contribution is 7.89. The monoisotopic (exact) mass is 486 g/mol. The molecule has 4 rings (SSSR count). The van der Waals surface area contributed by atoms with Crippen LogP contribution in [-0.2, 0) is 35.5 Å². The Balaban J connectivity index is 1.41. The molecule has 1 fully saturated rings. The normalized spacial score (nSPS) is 16.4. The largest absolute Gasteiger partial charge is 0.495 e. The number of carbonyl (C=O) groups excluding carboxylic acids is 2. The number of sulfonamides is 1. The van der Waals surface area contributed by atoms with E-state index in [-0.39, 0.29) is 36.2 Å². The molecule has 10 heteroatoms. The van der Waals surface area contributed by atoms with Gasteiger partial charge in [-0.15, -0.1) is 0 Å². The zero-order chi connectivity index (χ0) is 24.1. The molecule has 2 aliphatic rings. The van der Waals surface area contributed by atoms with Gasteiger partial charge in [-0.2, -0.15) is 4.31 Å². The van der Waals surface area contributed by atoms with E-state index in [0.717, 1.165) is 23.7 Å². The summed E-state index contributed by atoms with van der Waals surface area (Å²) in [5.41, 5.74) is 2.40. The lowest BCUT2D eigenvalue weighted by molar-refractivity contribution is -0.142. The average molecular weight is 487 g/mol. The summed E-state index contributed by atoms with van der Waals surface area (Å²) < 4.78 is 43.1. The van der Waals surface area contributed by atoms with Crippen molar-refractivity contribution in [1.82, 2.24) is 4.31 Å². The molecule has 34 heavy (non-hydrogen) atoms. The van der Waals surface area contributed by atoms with Gasteiger partial charge in [-0.25, -0.2) is 13.2 Å². The number of ether oxygens (including phenoxy) is 3. The first-order chi connectivity index (χ1) is 16.4. The molecule has 2 aliphatic heterocycles. The van der Waals surface area contributed by atoms with Gasteiger partial charge in [-0.3, -0.25) is 4.79 Å². The Morgan fingerprint density at radius 2 is 1.85 bits per heavy atom. The van der Waals surface area contributed by atoms with Crippen molar-refractivity contribution in [3.05, 3.63) is 59.7 Å². The zero-order valence-electron chi connectivity index (χ0n) is 18.8. The summed E-state index contributed by atoms with van der Waals surface area (Å²) in [6.45, 7) is 1.35. The van der Waals surface area contributed by atoms with Crippen LogP contribution in [-0.4, -0.2) is 71.2 Å². The highest BCUT2D eigenvalue weighted by atomic mass is 32.2. The van der Waals surface area contributed by atoms with Crippen molar-refractivity contribution in [3.63, 3.8) is 0 Å². The fourth-order valence-corrected chi connectivity index (χ4v) is 5.54. The third kappa shape index (κ3) is 5.14. The first kappa shape index (κ1) is 23.9. The molecule has 0 radical (unpaired) electrons. The van der Waals surface area contributed by atoms with Crippen molar-refractivity contribution in [1.29, 1.82) is 0 Å². The second-order valence-electron chi connectivity index (χ2n) is 7.79. The van der Waals surface area contributed by atoms with Crippen molar-refractivity contribution in [2.45, 2.75) is 11.3 Å². The Morgan fingerprint density at radius 1 is 1.09 bits per heavy atom. The summed E-state index contributed by atoms with van der Waals surface area (Å²) in [5.74, 6) is -0.785. The number of anilines is 1. The molecule has 0 aliphatic carbocycles. The number of hydrogen-bond acceptors (Lipinski definition) is 7. The number of nitrogens with zero attached hydrogens (tertiary/aromatic N) is 2. The molecule has 1 amide bonds. The van der Waals surface area contributed by atoms with Crippen molar-refractivity contribution in [2.24, 2.45) is 0 Å². The van der Waals surface area contributed by atoms with Crippen LogP contribution in [0.2, 0.25) is 0 Å². The predicted molar refractivity (Wildman–Crippen MR) is 125 cm³/mol. The third-order valence-electron chi connectivity index (χ3n) is 5.71. The van der Waals surface area contributed by atoms with Crippen molar-refractivity contribution in [2.75, 3.05) is 51.5 Å². The van der Waals surface area contributed by atoms with Crippen molar-refractivity contribution < 1.29 is 32.2 Å². The second-order valence-corrected chi connectivity index (χ2v) is 9.70. The van der Waals surface area contributed by atoms with Gasteiger partial charge in [-0.05, 0) is 41.8 Å². The molecular weight excluding hydrogens is 460 g/mol. The molecule has 0 unspecified atom stereocenters. The minimum atomic E-state index is -3.79. The molecule has 0 N–H and O–H groups in total. The van der Waals surface area contributed by atoms with Gasteiger partial charge in [0, 0.05) is 31.4 Å². The maximum absolute atomic E-state index is 13.1. The summed E-state index contributed by atoms with van der Waals surface area (Å²) in [4.78, 5) is 26.3. The number of benzene rings is 2. The number of esters is 1. The molecule has 2 aromatic rings. The van der Waals surface area contributed by atoms with Gasteiger partial charge in [-0.1, -0.05) is 24.3 Å². The molecule has 0 spiro atoms. The van der Waals surface area contributed by atoms with Crippen LogP contribution in [0.5, 0.6) is 5.75 Å². The topological polar surface area (TPSA) is 102 Å². The number of methoxy groups -OCH3 is 1. The summed E-state index contributed by atoms with van der Waals surface area (Å²) >= 11 is 0. The van der Waals surface area contributed by atoms with E-state index in [1.54, 1.807) is 11.0 Å². The second kappa shape index (κ2) is 10.4. The molecule has 180 valence electrons. The van der Waals surface area contributed by atoms with Crippen molar-refractivity contribution in [3.8, 4) is 5.75 Å². The van der Waals surface area contributed by atoms with Crippen LogP contribution in [0.4, 0.5) is 5.69 Å². The number of morpholine rings is 1. The van der Waals surface area contributed by atoms with E-state index in [9.17, 15) is 18.0 Å². The van der Waals surface area contributed by atoms with Gasteiger partial charge in [0.05, 0.1) is 20.3 Å². The average Bonchev–Trinajstić information content (AvgIpc) is 3.30. The van der Waals surface area contributed by atoms with Crippen LogP contribution in [0, 0.1) is 0 Å². The molecule has 0 atom stereocenters. The quantitative estimate of drug-likeness (QED) is 0.435. The van der Waals surface area contributed by atoms with Crippen LogP contribution in [0.3, 0.4) is 0 Å². The number of fused-ring (bicyclic) bond motifs is 1. The van der Waals surface area contributed by atoms with Crippen LogP contribution >= 0.6 is 0 Å². The number of hydrogen-bond donors (Lipinski definition) is 0. The lowest BCUT2D eigenvalue weighted by Crippen LogP contribution is -2.40. The van der Waals surface area contributed by atoms with Gasteiger partial charge >= 0.3 is 5.97 Å². The Kier molecular flexibility index (Phi) is 7.30. The fraction of sp³-hybridized carbons (Fsp3) is 0.333. The standard InChI is InChI=1S/C24H26N2O7S/c1-31-21-8-6-18(16-22(21)34(29,30)25-12-14-32-15-13-25)7-9-24(28)33-17-23(27)26-11-10-19-4-2-3-5-20(19)26/h2-9,16H,10-15,17H2,1H3. The summed E-state index contributed by atoms with van der Waals surface area (Å²) in [5, 5.41) is 0. The highest BCUT2D eigenvalue weighted by Gasteiger charge is 2.29. The van der Waals surface area contributed by atoms with Crippen LogP contribution < -0.4 is 9.64 Å². The minimum Gasteiger partial charge on any atom is -0.495 e. The van der Waals surface area contributed by atoms with E-state index >= 15 is 0 Å². The van der Waals surface area contributed by atoms with Crippen molar-refractivity contribution >= 4 is 33.7 Å². The van der Waals surface area contributed by atoms with E-state index in [1.165, 1.54) is 29.6 Å². The lowest BCUT2D eigenvalue weighted by atomic mass is 10.2. The number of para-hydroxylation sites is 1. The van der Waals surface area contributed by atoms with E-state index < -0.39 is 16.0 Å². The fourth-order valence-electron chi connectivity index (χ4n) is 3.95. The zero-order valence-corrected chi connectivity index (χ0v) is 19.6. The maximum atomic E-state index is 13.1. The summed E-state index contributed by atoms with van der Waals surface area (Å²) in [6, 6.07) is 12.2. The molecule has 2 aromatic carbocycles. The summed E-state index contributed by atoms with van der Waals surface area (Å²) in [7, 11) is -2.39. The van der Waals surface area contributed by atoms with Crippen LogP contribution in [0.15, 0.2) is 53.4 Å². The lowest BCUT2D eigenvalue weighted by Gasteiger charge is -2.26. The summed E-state index contributed by atoms with van der Waals surface area (Å²) in [6.07, 6.45) is 3.37. The Labute approximate surface area is 198 Å². The van der Waals surface area contributed by atoms with Gasteiger partial charge < -0.3 is 19.1 Å². The predicted octanol–water partition coefficient (Wildman–Crippen LogP) is 1.86.